The molecule has 0 aromatic heterocycles. The Morgan fingerprint density at radius 3 is 2.60 bits per heavy atom. The molecule has 0 N–H and O–H groups in total. The lowest BCUT2D eigenvalue weighted by atomic mass is 10.0. The van der Waals surface area contributed by atoms with Crippen molar-refractivity contribution < 1.29 is 4.79 Å². The molecule has 0 amide bonds. The molecule has 0 aliphatic rings. The lowest BCUT2D eigenvalue weighted by Gasteiger charge is -2.02. The van der Waals surface area contributed by atoms with Crippen LogP contribution >= 0.6 is 11.6 Å². The Morgan fingerprint density at radius 1 is 1.20 bits per heavy atom. The number of hydrogen-bond acceptors (Lipinski definition) is 1. The predicted molar refractivity (Wildman–Crippen MR) is 64.5 cm³/mol. The second-order valence-corrected chi connectivity index (χ2v) is 4.12. The van der Waals surface area contributed by atoms with Gasteiger partial charge in [0.1, 0.15) is 0 Å². The Morgan fingerprint density at radius 2 is 1.93 bits per heavy atom. The van der Waals surface area contributed by atoms with Crippen LogP contribution in [0.25, 0.3) is 0 Å². The van der Waals surface area contributed by atoms with Gasteiger partial charge in [0.05, 0.1) is 5.02 Å². The van der Waals surface area contributed by atoms with Gasteiger partial charge >= 0.3 is 0 Å². The molecule has 1 aromatic rings. The maximum absolute atomic E-state index is 11.7. The minimum atomic E-state index is 0.164. The van der Waals surface area contributed by atoms with Gasteiger partial charge in [-0.25, -0.2) is 0 Å². The Kier molecular flexibility index (Phi) is 5.41. The van der Waals surface area contributed by atoms with Crippen molar-refractivity contribution in [1.29, 1.82) is 0 Å². The van der Waals surface area contributed by atoms with E-state index in [-0.39, 0.29) is 5.78 Å². The van der Waals surface area contributed by atoms with Gasteiger partial charge in [-0.1, -0.05) is 49.9 Å². The number of Topliss-reactive ketones (excluding diaryl/α,β-unsaturated/α-hetero) is 1. The Bertz CT molecular complexity index is 320. The molecular weight excluding hydrogens is 208 g/mol. The van der Waals surface area contributed by atoms with Crippen molar-refractivity contribution in [2.75, 3.05) is 0 Å². The molecule has 0 bridgehead atoms. The monoisotopic (exact) mass is 224 g/mol. The number of carbonyl (C=O) groups excluding carboxylic acids is 1. The van der Waals surface area contributed by atoms with Crippen LogP contribution in [0.2, 0.25) is 5.02 Å². The molecule has 82 valence electrons. The topological polar surface area (TPSA) is 17.1 Å². The van der Waals surface area contributed by atoms with E-state index in [9.17, 15) is 4.79 Å². The van der Waals surface area contributed by atoms with Crippen molar-refractivity contribution in [3.05, 3.63) is 34.9 Å². The highest BCUT2D eigenvalue weighted by atomic mass is 35.5. The quantitative estimate of drug-likeness (QED) is 0.514. The molecular formula is C13H17ClO. The first-order valence-corrected chi connectivity index (χ1v) is 5.91. The zero-order valence-corrected chi connectivity index (χ0v) is 9.89. The molecule has 0 unspecified atom stereocenters. The van der Waals surface area contributed by atoms with Crippen LogP contribution in [0, 0.1) is 0 Å². The molecule has 0 fully saturated rings. The van der Waals surface area contributed by atoms with Gasteiger partial charge in [-0.15, -0.1) is 0 Å². The molecule has 1 rings (SSSR count). The van der Waals surface area contributed by atoms with Crippen LogP contribution in [0.4, 0.5) is 0 Å². The summed E-state index contributed by atoms with van der Waals surface area (Å²) in [7, 11) is 0. The Hall–Kier alpha value is -0.820. The first-order valence-electron chi connectivity index (χ1n) is 5.53. The number of ketones is 1. The Balaban J connectivity index is 2.44. The van der Waals surface area contributed by atoms with Crippen molar-refractivity contribution in [1.82, 2.24) is 0 Å². The fourth-order valence-electron chi connectivity index (χ4n) is 1.53. The predicted octanol–water partition coefficient (Wildman–Crippen LogP) is 4.49. The zero-order valence-electron chi connectivity index (χ0n) is 9.13. The highest BCUT2D eigenvalue weighted by molar-refractivity contribution is 6.33. The van der Waals surface area contributed by atoms with Gasteiger partial charge in [-0.2, -0.15) is 0 Å². The van der Waals surface area contributed by atoms with Gasteiger partial charge in [0.2, 0.25) is 0 Å². The van der Waals surface area contributed by atoms with Crippen LogP contribution in [0.1, 0.15) is 49.4 Å². The third kappa shape index (κ3) is 4.05. The summed E-state index contributed by atoms with van der Waals surface area (Å²) in [5.41, 5.74) is 0.663. The van der Waals surface area contributed by atoms with E-state index in [0.717, 1.165) is 12.8 Å². The van der Waals surface area contributed by atoms with E-state index >= 15 is 0 Å². The van der Waals surface area contributed by atoms with E-state index in [0.29, 0.717) is 17.0 Å². The molecule has 1 aromatic carbocycles. The van der Waals surface area contributed by atoms with E-state index in [1.165, 1.54) is 12.8 Å². The van der Waals surface area contributed by atoms with E-state index in [1.54, 1.807) is 12.1 Å². The summed E-state index contributed by atoms with van der Waals surface area (Å²) in [4.78, 5) is 11.7. The molecule has 0 saturated heterocycles. The van der Waals surface area contributed by atoms with Crippen molar-refractivity contribution in [2.24, 2.45) is 0 Å². The smallest absolute Gasteiger partial charge is 0.164 e. The largest absolute Gasteiger partial charge is 0.294 e. The Labute approximate surface area is 96.5 Å². The first kappa shape index (κ1) is 12.3. The van der Waals surface area contributed by atoms with Gasteiger partial charge in [0, 0.05) is 12.0 Å². The van der Waals surface area contributed by atoms with Gasteiger partial charge in [-0.05, 0) is 18.6 Å². The minimum Gasteiger partial charge on any atom is -0.294 e. The number of rotatable bonds is 6. The number of benzene rings is 1. The second kappa shape index (κ2) is 6.62. The van der Waals surface area contributed by atoms with Gasteiger partial charge in [-0.3, -0.25) is 4.79 Å². The summed E-state index contributed by atoms with van der Waals surface area (Å²) in [5, 5.41) is 0.568. The fourth-order valence-corrected chi connectivity index (χ4v) is 1.78. The molecule has 2 heteroatoms. The average Bonchev–Trinajstić information content (AvgIpc) is 2.25. The zero-order chi connectivity index (χ0) is 11.1. The molecule has 0 aliphatic heterocycles. The van der Waals surface area contributed by atoms with Crippen LogP contribution in [0.15, 0.2) is 24.3 Å². The molecule has 1 nitrogen and oxygen atoms in total. The standard InChI is InChI=1S/C13H17ClO/c1-2-3-4-5-10-13(15)11-8-6-7-9-12(11)14/h6-9H,2-5,10H2,1H3. The van der Waals surface area contributed by atoms with Crippen LogP contribution < -0.4 is 0 Å². The third-order valence-electron chi connectivity index (χ3n) is 2.43. The molecule has 0 aliphatic carbocycles. The molecule has 0 saturated carbocycles. The van der Waals surface area contributed by atoms with Gasteiger partial charge in [0.25, 0.3) is 0 Å². The molecule has 15 heavy (non-hydrogen) atoms. The fraction of sp³-hybridized carbons (Fsp3) is 0.462. The number of halogens is 1. The van der Waals surface area contributed by atoms with Crippen molar-refractivity contribution in [2.45, 2.75) is 39.0 Å². The molecule has 0 heterocycles. The molecule has 0 atom stereocenters. The van der Waals surface area contributed by atoms with E-state index in [2.05, 4.69) is 6.92 Å². The normalized spacial score (nSPS) is 10.3. The summed E-state index contributed by atoms with van der Waals surface area (Å²) >= 11 is 5.94. The summed E-state index contributed by atoms with van der Waals surface area (Å²) < 4.78 is 0. The highest BCUT2D eigenvalue weighted by Gasteiger charge is 2.08. The van der Waals surface area contributed by atoms with Crippen molar-refractivity contribution in [3.8, 4) is 0 Å². The second-order valence-electron chi connectivity index (χ2n) is 3.71. The highest BCUT2D eigenvalue weighted by Crippen LogP contribution is 2.18. The summed E-state index contributed by atoms with van der Waals surface area (Å²) in [6, 6.07) is 7.26. The SMILES string of the molecule is CCCCCCC(=O)c1ccccc1Cl. The van der Waals surface area contributed by atoms with Gasteiger partial charge in [0.15, 0.2) is 5.78 Å². The molecule has 0 radical (unpaired) electrons. The maximum atomic E-state index is 11.7. The lowest BCUT2D eigenvalue weighted by Crippen LogP contribution is -1.99. The first-order chi connectivity index (χ1) is 7.25. The van der Waals surface area contributed by atoms with Gasteiger partial charge < -0.3 is 0 Å². The average molecular weight is 225 g/mol. The molecule has 0 spiro atoms. The van der Waals surface area contributed by atoms with Crippen LogP contribution in [0.3, 0.4) is 0 Å². The van der Waals surface area contributed by atoms with Crippen LogP contribution in [0.5, 0.6) is 0 Å². The summed E-state index contributed by atoms with van der Waals surface area (Å²) in [6.07, 6.45) is 5.12. The van der Waals surface area contributed by atoms with Crippen LogP contribution in [-0.4, -0.2) is 5.78 Å². The number of unbranched alkanes of at least 4 members (excludes halogenated alkanes) is 3. The van der Waals surface area contributed by atoms with Crippen molar-refractivity contribution in [3.63, 3.8) is 0 Å². The van der Waals surface area contributed by atoms with E-state index in [1.807, 2.05) is 12.1 Å². The summed E-state index contributed by atoms with van der Waals surface area (Å²) in [6.45, 7) is 2.16. The summed E-state index contributed by atoms with van der Waals surface area (Å²) in [5.74, 6) is 0.164. The van der Waals surface area contributed by atoms with Crippen molar-refractivity contribution >= 4 is 17.4 Å². The maximum Gasteiger partial charge on any atom is 0.164 e. The minimum absolute atomic E-state index is 0.164. The van der Waals surface area contributed by atoms with E-state index < -0.39 is 0 Å². The van der Waals surface area contributed by atoms with E-state index in [4.69, 9.17) is 11.6 Å². The number of hydrogen-bond donors (Lipinski definition) is 0. The lowest BCUT2D eigenvalue weighted by molar-refractivity contribution is 0.0979. The third-order valence-corrected chi connectivity index (χ3v) is 2.76. The van der Waals surface area contributed by atoms with Crippen LogP contribution in [-0.2, 0) is 0 Å². The number of carbonyl (C=O) groups is 1.